The first-order valence-electron chi connectivity index (χ1n) is 7.48. The van der Waals surface area contributed by atoms with E-state index in [1.165, 1.54) is 38.5 Å². The van der Waals surface area contributed by atoms with Gasteiger partial charge in [0.05, 0.1) is 0 Å². The minimum atomic E-state index is 0.0397. The Balaban J connectivity index is 3.25. The van der Waals surface area contributed by atoms with Crippen LogP contribution in [-0.2, 0) is 4.79 Å². The molecule has 0 saturated heterocycles. The first-order chi connectivity index (χ1) is 8.66. The minimum absolute atomic E-state index is 0.0397. The molecule has 0 aliphatic carbocycles. The van der Waals surface area contributed by atoms with Gasteiger partial charge in [-0.25, -0.2) is 5.43 Å². The number of amides is 1. The highest BCUT2D eigenvalue weighted by Gasteiger charge is 1.99. The molecule has 0 aromatic rings. The molecule has 3 heteroatoms. The van der Waals surface area contributed by atoms with E-state index in [-0.39, 0.29) is 5.91 Å². The van der Waals surface area contributed by atoms with Crippen LogP contribution in [0.3, 0.4) is 0 Å². The van der Waals surface area contributed by atoms with Gasteiger partial charge < -0.3 is 0 Å². The van der Waals surface area contributed by atoms with Gasteiger partial charge in [0, 0.05) is 12.6 Å². The molecule has 1 N–H and O–H groups in total. The molecule has 0 atom stereocenters. The fourth-order valence-corrected chi connectivity index (χ4v) is 1.73. The predicted molar refractivity (Wildman–Crippen MR) is 78.7 cm³/mol. The molecule has 0 spiro atoms. The van der Waals surface area contributed by atoms with E-state index in [4.69, 9.17) is 0 Å². The third-order valence-electron chi connectivity index (χ3n) is 2.82. The maximum Gasteiger partial charge on any atom is 0.240 e. The highest BCUT2D eigenvalue weighted by Crippen LogP contribution is 2.09. The second-order valence-corrected chi connectivity index (χ2v) is 5.28. The van der Waals surface area contributed by atoms with Crippen LogP contribution in [0.2, 0.25) is 0 Å². The average Bonchev–Trinajstić information content (AvgIpc) is 2.32. The van der Waals surface area contributed by atoms with Crippen LogP contribution in [0.4, 0.5) is 0 Å². The average molecular weight is 254 g/mol. The lowest BCUT2D eigenvalue weighted by Crippen LogP contribution is -2.17. The smallest absolute Gasteiger partial charge is 0.240 e. The summed E-state index contributed by atoms with van der Waals surface area (Å²) < 4.78 is 0. The van der Waals surface area contributed by atoms with Gasteiger partial charge in [-0.2, -0.15) is 5.10 Å². The summed E-state index contributed by atoms with van der Waals surface area (Å²) in [6.07, 6.45) is 12.4. The fraction of sp³-hybridized carbons (Fsp3) is 0.867. The summed E-state index contributed by atoms with van der Waals surface area (Å²) in [5.74, 6) is 0.423. The molecule has 0 rings (SSSR count). The van der Waals surface area contributed by atoms with Crippen molar-refractivity contribution in [3.63, 3.8) is 0 Å². The van der Waals surface area contributed by atoms with Crippen LogP contribution in [0.25, 0.3) is 0 Å². The van der Waals surface area contributed by atoms with Crippen molar-refractivity contribution < 1.29 is 4.79 Å². The number of hydrogen-bond donors (Lipinski definition) is 1. The molecule has 0 unspecified atom stereocenters. The zero-order valence-corrected chi connectivity index (χ0v) is 12.4. The van der Waals surface area contributed by atoms with Crippen LogP contribution < -0.4 is 5.43 Å². The first kappa shape index (κ1) is 17.1. The lowest BCUT2D eigenvalue weighted by molar-refractivity contribution is -0.121. The van der Waals surface area contributed by atoms with Crippen molar-refractivity contribution in [2.45, 2.75) is 78.6 Å². The molecule has 0 saturated carbocycles. The normalized spacial score (nSPS) is 11.3. The Labute approximate surface area is 112 Å². The first-order valence-corrected chi connectivity index (χ1v) is 7.48. The Kier molecular flexibility index (Phi) is 12.0. The Hall–Kier alpha value is -0.860. The number of hydrogen-bond acceptors (Lipinski definition) is 2. The molecule has 0 heterocycles. The number of nitrogens with zero attached hydrogens (tertiary/aromatic N) is 1. The highest BCUT2D eigenvalue weighted by molar-refractivity contribution is 5.76. The monoisotopic (exact) mass is 254 g/mol. The predicted octanol–water partition coefficient (Wildman–Crippen LogP) is 4.28. The van der Waals surface area contributed by atoms with Crippen LogP contribution >= 0.6 is 0 Å². The van der Waals surface area contributed by atoms with Gasteiger partial charge in [-0.1, -0.05) is 65.7 Å². The molecule has 106 valence electrons. The van der Waals surface area contributed by atoms with Crippen LogP contribution in [-0.4, -0.2) is 12.1 Å². The number of nitrogens with one attached hydrogen (secondary N) is 1. The second kappa shape index (κ2) is 12.6. The van der Waals surface area contributed by atoms with Crippen LogP contribution in [0, 0.1) is 5.92 Å². The number of rotatable bonds is 11. The van der Waals surface area contributed by atoms with Crippen molar-refractivity contribution in [2.75, 3.05) is 0 Å². The summed E-state index contributed by atoms with van der Waals surface area (Å²) in [5, 5.41) is 3.90. The number of carbonyl (C=O) groups is 1. The summed E-state index contributed by atoms with van der Waals surface area (Å²) in [7, 11) is 0. The largest absolute Gasteiger partial charge is 0.273 e. The second-order valence-electron chi connectivity index (χ2n) is 5.28. The van der Waals surface area contributed by atoms with E-state index < -0.39 is 0 Å². The van der Waals surface area contributed by atoms with Crippen molar-refractivity contribution in [3.8, 4) is 0 Å². The molecule has 0 aliphatic heterocycles. The summed E-state index contributed by atoms with van der Waals surface area (Å²) in [4.78, 5) is 11.4. The third-order valence-corrected chi connectivity index (χ3v) is 2.82. The zero-order valence-electron chi connectivity index (χ0n) is 12.4. The van der Waals surface area contributed by atoms with Gasteiger partial charge in [-0.3, -0.25) is 4.79 Å². The van der Waals surface area contributed by atoms with E-state index in [2.05, 4.69) is 17.5 Å². The number of hydrazone groups is 1. The van der Waals surface area contributed by atoms with E-state index in [1.807, 2.05) is 13.8 Å². The molecule has 18 heavy (non-hydrogen) atoms. The molecular weight excluding hydrogens is 224 g/mol. The number of unbranched alkanes of at least 4 members (excludes halogenated alkanes) is 7. The molecule has 0 aromatic heterocycles. The summed E-state index contributed by atoms with van der Waals surface area (Å²) in [6.45, 7) is 6.31. The van der Waals surface area contributed by atoms with Gasteiger partial charge in [0.15, 0.2) is 0 Å². The quantitative estimate of drug-likeness (QED) is 0.334. The molecule has 3 nitrogen and oxygen atoms in total. The Morgan fingerprint density at radius 2 is 1.61 bits per heavy atom. The minimum Gasteiger partial charge on any atom is -0.273 e. The van der Waals surface area contributed by atoms with E-state index in [0.29, 0.717) is 12.3 Å². The zero-order chi connectivity index (χ0) is 13.6. The van der Waals surface area contributed by atoms with Crippen molar-refractivity contribution in [2.24, 2.45) is 11.0 Å². The number of carbonyl (C=O) groups excluding carboxylic acids is 1. The fourth-order valence-electron chi connectivity index (χ4n) is 1.73. The molecule has 0 fully saturated rings. The maximum atomic E-state index is 11.4. The molecule has 0 aromatic carbocycles. The van der Waals surface area contributed by atoms with Crippen molar-refractivity contribution in [1.82, 2.24) is 5.43 Å². The van der Waals surface area contributed by atoms with Gasteiger partial charge in [-0.05, 0) is 12.3 Å². The van der Waals surface area contributed by atoms with Crippen molar-refractivity contribution >= 4 is 12.1 Å². The van der Waals surface area contributed by atoms with E-state index in [1.54, 1.807) is 6.21 Å². The lowest BCUT2D eigenvalue weighted by Gasteiger charge is -2.02. The molecule has 0 aliphatic rings. The SMILES string of the molecule is CCCCCCCCCCC(=O)NN=CC(C)C. The van der Waals surface area contributed by atoms with Gasteiger partial charge in [0.2, 0.25) is 5.91 Å². The third kappa shape index (κ3) is 13.2. The van der Waals surface area contributed by atoms with Crippen molar-refractivity contribution in [3.05, 3.63) is 0 Å². The van der Waals surface area contributed by atoms with Gasteiger partial charge in [0.1, 0.15) is 0 Å². The summed E-state index contributed by atoms with van der Waals surface area (Å²) in [5.41, 5.74) is 2.56. The van der Waals surface area contributed by atoms with E-state index >= 15 is 0 Å². The summed E-state index contributed by atoms with van der Waals surface area (Å²) in [6, 6.07) is 0. The van der Waals surface area contributed by atoms with Gasteiger partial charge in [0.25, 0.3) is 0 Å². The van der Waals surface area contributed by atoms with Gasteiger partial charge in [-0.15, -0.1) is 0 Å². The Morgan fingerprint density at radius 3 is 2.17 bits per heavy atom. The highest BCUT2D eigenvalue weighted by atomic mass is 16.2. The Morgan fingerprint density at radius 1 is 1.06 bits per heavy atom. The van der Waals surface area contributed by atoms with Gasteiger partial charge >= 0.3 is 0 Å². The molecule has 1 amide bonds. The van der Waals surface area contributed by atoms with Crippen molar-refractivity contribution in [1.29, 1.82) is 0 Å². The van der Waals surface area contributed by atoms with Crippen LogP contribution in [0.5, 0.6) is 0 Å². The van der Waals surface area contributed by atoms with Crippen LogP contribution in [0.1, 0.15) is 78.6 Å². The maximum absolute atomic E-state index is 11.4. The van der Waals surface area contributed by atoms with Crippen LogP contribution in [0.15, 0.2) is 5.10 Å². The molecule has 0 radical (unpaired) electrons. The molecular formula is C15H30N2O. The molecule has 0 bridgehead atoms. The lowest BCUT2D eigenvalue weighted by atomic mass is 10.1. The van der Waals surface area contributed by atoms with E-state index in [9.17, 15) is 4.79 Å². The standard InChI is InChI=1S/C15H30N2O/c1-4-5-6-7-8-9-10-11-12-15(18)17-16-13-14(2)3/h13-14H,4-12H2,1-3H3,(H,17,18). The Bertz CT molecular complexity index is 225. The summed E-state index contributed by atoms with van der Waals surface area (Å²) >= 11 is 0. The topological polar surface area (TPSA) is 41.5 Å². The van der Waals surface area contributed by atoms with E-state index in [0.717, 1.165) is 12.8 Å².